The maximum absolute atomic E-state index is 10.9. The van der Waals surface area contributed by atoms with Crippen LogP contribution >= 0.6 is 0 Å². The van der Waals surface area contributed by atoms with E-state index in [4.69, 9.17) is 4.74 Å². The minimum atomic E-state index is 0.229. The molecule has 5 heteroatoms. The molecule has 3 aromatic rings. The molecule has 1 aliphatic heterocycles. The van der Waals surface area contributed by atoms with E-state index in [1.165, 1.54) is 42.4 Å². The summed E-state index contributed by atoms with van der Waals surface area (Å²) in [7, 11) is 0. The van der Waals surface area contributed by atoms with E-state index in [0.29, 0.717) is 12.0 Å². The molecule has 2 unspecified atom stereocenters. The van der Waals surface area contributed by atoms with Gasteiger partial charge in [-0.1, -0.05) is 39.3 Å². The molecular weight excluding hydrogens is 434 g/mol. The lowest BCUT2D eigenvalue weighted by atomic mass is 10.0. The van der Waals surface area contributed by atoms with Gasteiger partial charge in [0.25, 0.3) is 0 Å². The van der Waals surface area contributed by atoms with Gasteiger partial charge < -0.3 is 14.6 Å². The molecule has 0 aliphatic carbocycles. The summed E-state index contributed by atoms with van der Waals surface area (Å²) in [5.41, 5.74) is 5.80. The molecule has 1 saturated heterocycles. The molecule has 1 aromatic heterocycles. The quantitative estimate of drug-likeness (QED) is 0.388. The fraction of sp³-hybridized carbons (Fsp3) is 0.533. The van der Waals surface area contributed by atoms with E-state index in [0.717, 1.165) is 48.6 Å². The first-order valence-electron chi connectivity index (χ1n) is 13.3. The monoisotopic (exact) mass is 477 g/mol. The largest absolute Gasteiger partial charge is 0.493 e. The SMILES string of the molecule is CC(=O)N1CCCCC1C.CCc1cc(-c2ccc3nc(C)[nH]c3c2)ccc1OCCC(C)CC. The van der Waals surface area contributed by atoms with Gasteiger partial charge >= 0.3 is 0 Å². The number of rotatable bonds is 7. The van der Waals surface area contributed by atoms with Gasteiger partial charge in [-0.2, -0.15) is 0 Å². The number of imidazole rings is 1. The van der Waals surface area contributed by atoms with Crippen LogP contribution in [0.15, 0.2) is 36.4 Å². The van der Waals surface area contributed by atoms with Crippen molar-refractivity contribution in [1.29, 1.82) is 0 Å². The van der Waals surface area contributed by atoms with Crippen LogP contribution in [-0.4, -0.2) is 40.0 Å². The van der Waals surface area contributed by atoms with Crippen LogP contribution in [0.5, 0.6) is 5.75 Å². The van der Waals surface area contributed by atoms with Gasteiger partial charge in [0.15, 0.2) is 0 Å². The van der Waals surface area contributed by atoms with Crippen molar-refractivity contribution in [2.24, 2.45) is 5.92 Å². The van der Waals surface area contributed by atoms with Gasteiger partial charge in [-0.15, -0.1) is 0 Å². The zero-order valence-electron chi connectivity index (χ0n) is 22.5. The third kappa shape index (κ3) is 7.33. The smallest absolute Gasteiger partial charge is 0.219 e. The number of fused-ring (bicyclic) bond motifs is 1. The Morgan fingerprint density at radius 3 is 2.57 bits per heavy atom. The number of carbonyl (C=O) groups excluding carboxylic acids is 1. The van der Waals surface area contributed by atoms with Crippen LogP contribution in [0.1, 0.15) is 78.1 Å². The third-order valence-electron chi connectivity index (χ3n) is 7.15. The number of nitrogens with zero attached hydrogens (tertiary/aromatic N) is 2. The molecule has 1 aliphatic rings. The molecule has 2 atom stereocenters. The van der Waals surface area contributed by atoms with Gasteiger partial charge in [0.1, 0.15) is 11.6 Å². The Balaban J connectivity index is 0.000000287. The number of piperidine rings is 1. The topological polar surface area (TPSA) is 58.2 Å². The van der Waals surface area contributed by atoms with Gasteiger partial charge in [0.2, 0.25) is 5.91 Å². The average Bonchev–Trinajstić information content (AvgIpc) is 3.23. The molecule has 1 N–H and O–H groups in total. The maximum atomic E-state index is 10.9. The van der Waals surface area contributed by atoms with Crippen LogP contribution in [0.3, 0.4) is 0 Å². The van der Waals surface area contributed by atoms with E-state index in [-0.39, 0.29) is 5.91 Å². The number of ether oxygens (including phenoxy) is 1. The lowest BCUT2D eigenvalue weighted by Gasteiger charge is -2.32. The Morgan fingerprint density at radius 2 is 1.91 bits per heavy atom. The number of amides is 1. The van der Waals surface area contributed by atoms with E-state index in [1.807, 2.05) is 11.8 Å². The lowest BCUT2D eigenvalue weighted by molar-refractivity contribution is -0.131. The van der Waals surface area contributed by atoms with Crippen molar-refractivity contribution in [2.75, 3.05) is 13.2 Å². The summed E-state index contributed by atoms with van der Waals surface area (Å²) < 4.78 is 6.05. The van der Waals surface area contributed by atoms with Gasteiger partial charge in [-0.05, 0) is 92.8 Å². The van der Waals surface area contributed by atoms with E-state index < -0.39 is 0 Å². The molecular formula is C30H43N3O2. The summed E-state index contributed by atoms with van der Waals surface area (Å²) in [6, 6.07) is 13.4. The second-order valence-electron chi connectivity index (χ2n) is 9.94. The van der Waals surface area contributed by atoms with Crippen LogP contribution in [0.4, 0.5) is 0 Å². The van der Waals surface area contributed by atoms with E-state index in [9.17, 15) is 4.79 Å². The van der Waals surface area contributed by atoms with Gasteiger partial charge in [0, 0.05) is 19.5 Å². The Hall–Kier alpha value is -2.82. The molecule has 0 radical (unpaired) electrons. The maximum Gasteiger partial charge on any atom is 0.219 e. The van der Waals surface area contributed by atoms with Crippen molar-refractivity contribution in [2.45, 2.75) is 86.1 Å². The normalized spacial score (nSPS) is 16.5. The number of aryl methyl sites for hydroxylation is 2. The molecule has 2 aromatic carbocycles. The molecule has 0 spiro atoms. The highest BCUT2D eigenvalue weighted by molar-refractivity contribution is 5.82. The highest BCUT2D eigenvalue weighted by Gasteiger charge is 2.19. The Kier molecular flexibility index (Phi) is 9.76. The second-order valence-corrected chi connectivity index (χ2v) is 9.94. The first-order valence-corrected chi connectivity index (χ1v) is 13.3. The summed E-state index contributed by atoms with van der Waals surface area (Å²) in [5, 5.41) is 0. The molecule has 0 bridgehead atoms. The molecule has 5 nitrogen and oxygen atoms in total. The van der Waals surface area contributed by atoms with Crippen molar-refractivity contribution >= 4 is 16.9 Å². The van der Waals surface area contributed by atoms with Crippen LogP contribution in [0.25, 0.3) is 22.2 Å². The molecule has 35 heavy (non-hydrogen) atoms. The Labute approximate surface area is 211 Å². The van der Waals surface area contributed by atoms with Crippen LogP contribution in [0.2, 0.25) is 0 Å². The molecule has 4 rings (SSSR count). The molecule has 2 heterocycles. The predicted molar refractivity (Wildman–Crippen MR) is 146 cm³/mol. The fourth-order valence-electron chi connectivity index (χ4n) is 4.63. The molecule has 190 valence electrons. The summed E-state index contributed by atoms with van der Waals surface area (Å²) in [4.78, 5) is 20.7. The Bertz CT molecular complexity index is 1100. The Morgan fingerprint density at radius 1 is 1.17 bits per heavy atom. The predicted octanol–water partition coefficient (Wildman–Crippen LogP) is 7.32. The zero-order valence-corrected chi connectivity index (χ0v) is 22.5. The van der Waals surface area contributed by atoms with Crippen LogP contribution < -0.4 is 4.74 Å². The van der Waals surface area contributed by atoms with Crippen molar-refractivity contribution in [3.63, 3.8) is 0 Å². The average molecular weight is 478 g/mol. The number of H-pyrrole nitrogens is 1. The second kappa shape index (κ2) is 12.8. The molecule has 0 saturated carbocycles. The van der Waals surface area contributed by atoms with Gasteiger partial charge in [-0.25, -0.2) is 4.98 Å². The van der Waals surface area contributed by atoms with Crippen molar-refractivity contribution < 1.29 is 9.53 Å². The first kappa shape index (κ1) is 26.8. The first-order chi connectivity index (χ1) is 16.8. The van der Waals surface area contributed by atoms with Crippen LogP contribution in [0, 0.1) is 12.8 Å². The number of carbonyl (C=O) groups is 1. The molecule has 1 fully saturated rings. The highest BCUT2D eigenvalue weighted by atomic mass is 16.5. The number of nitrogens with one attached hydrogen (secondary N) is 1. The highest BCUT2D eigenvalue weighted by Crippen LogP contribution is 2.29. The zero-order chi connectivity index (χ0) is 25.4. The number of hydrogen-bond donors (Lipinski definition) is 1. The van der Waals surface area contributed by atoms with E-state index in [1.54, 1.807) is 6.92 Å². The number of benzene rings is 2. The van der Waals surface area contributed by atoms with Crippen LogP contribution in [-0.2, 0) is 11.2 Å². The minimum Gasteiger partial charge on any atom is -0.493 e. The molecule has 1 amide bonds. The number of aromatic nitrogens is 2. The lowest BCUT2D eigenvalue weighted by Crippen LogP contribution is -2.40. The number of aromatic amines is 1. The summed E-state index contributed by atoms with van der Waals surface area (Å²) in [6.45, 7) is 14.2. The third-order valence-corrected chi connectivity index (χ3v) is 7.15. The minimum absolute atomic E-state index is 0.229. The summed E-state index contributed by atoms with van der Waals surface area (Å²) >= 11 is 0. The van der Waals surface area contributed by atoms with Crippen molar-refractivity contribution in [3.05, 3.63) is 47.8 Å². The standard InChI is InChI=1S/C22H28N2O.C8H15NO/c1-5-15(3)11-12-25-22-10-8-18(13-17(22)6-2)19-7-9-20-21(14-19)24-16(4)23-20;1-7-5-3-4-6-9(7)8(2)10/h7-10,13-15H,5-6,11-12H2,1-4H3,(H,23,24);7H,3-6H2,1-2H3. The summed E-state index contributed by atoms with van der Waals surface area (Å²) in [6.07, 6.45) is 6.93. The van der Waals surface area contributed by atoms with E-state index >= 15 is 0 Å². The fourth-order valence-corrected chi connectivity index (χ4v) is 4.63. The van der Waals surface area contributed by atoms with Crippen molar-refractivity contribution in [1.82, 2.24) is 14.9 Å². The number of hydrogen-bond acceptors (Lipinski definition) is 3. The number of likely N-dealkylation sites (tertiary alicyclic amines) is 1. The summed E-state index contributed by atoms with van der Waals surface area (Å²) in [5.74, 6) is 2.92. The van der Waals surface area contributed by atoms with Gasteiger partial charge in [0.05, 0.1) is 17.6 Å². The van der Waals surface area contributed by atoms with E-state index in [2.05, 4.69) is 74.1 Å². The van der Waals surface area contributed by atoms with Crippen molar-refractivity contribution in [3.8, 4) is 16.9 Å². The van der Waals surface area contributed by atoms with Gasteiger partial charge in [-0.3, -0.25) is 4.79 Å².